The van der Waals surface area contributed by atoms with Crippen LogP contribution in [-0.2, 0) is 28.7 Å². The number of methoxy groups -OCH3 is 1. The molecule has 5 rings (SSSR count). The molecule has 2 N–H and O–H groups in total. The molecule has 54 heavy (non-hydrogen) atoms. The lowest BCUT2D eigenvalue weighted by Gasteiger charge is -2.72. The molecular weight excluding hydrogens is 677 g/mol. The van der Waals surface area contributed by atoms with Gasteiger partial charge in [-0.05, 0) is 143 Å². The van der Waals surface area contributed by atoms with E-state index in [0.717, 1.165) is 90.0 Å². The highest BCUT2D eigenvalue weighted by atomic mass is 16.5. The second-order valence-electron chi connectivity index (χ2n) is 20.0. The van der Waals surface area contributed by atoms with Crippen LogP contribution in [0.3, 0.4) is 0 Å². The van der Waals surface area contributed by atoms with Crippen LogP contribution in [0.1, 0.15) is 170 Å². The molecule has 8 nitrogen and oxygen atoms in total. The average Bonchev–Trinajstić information content (AvgIpc) is 3.52. The van der Waals surface area contributed by atoms with Gasteiger partial charge in [0.2, 0.25) is 11.8 Å². The third kappa shape index (κ3) is 7.93. The summed E-state index contributed by atoms with van der Waals surface area (Å²) in [4.78, 5) is 49.9. The van der Waals surface area contributed by atoms with Crippen LogP contribution in [0.15, 0.2) is 12.2 Å². The Labute approximate surface area is 327 Å². The van der Waals surface area contributed by atoms with Crippen LogP contribution in [-0.4, -0.2) is 50.1 Å². The number of nitrogens with one attached hydrogen (secondary N) is 2. The van der Waals surface area contributed by atoms with E-state index in [9.17, 15) is 19.2 Å². The van der Waals surface area contributed by atoms with Gasteiger partial charge in [0.15, 0.2) is 0 Å². The number of carbonyl (C=O) groups excluding carboxylic acids is 4. The first-order valence-corrected chi connectivity index (χ1v) is 21.9. The first-order chi connectivity index (χ1) is 25.5. The molecule has 2 amide bonds. The molecule has 306 valence electrons. The maximum absolute atomic E-state index is 14.5. The highest BCUT2D eigenvalue weighted by Gasteiger charge is 2.72. The van der Waals surface area contributed by atoms with E-state index in [1.807, 2.05) is 0 Å². The van der Waals surface area contributed by atoms with E-state index in [-0.39, 0.29) is 51.0 Å². The summed E-state index contributed by atoms with van der Waals surface area (Å²) in [6, 6.07) is 0. The highest BCUT2D eigenvalue weighted by Crippen LogP contribution is 2.77. The van der Waals surface area contributed by atoms with E-state index in [2.05, 4.69) is 63.5 Å². The zero-order valence-electron chi connectivity index (χ0n) is 35.5. The molecule has 10 atom stereocenters. The predicted molar refractivity (Wildman–Crippen MR) is 214 cm³/mol. The number of hydrogen-bond acceptors (Lipinski definition) is 6. The lowest BCUT2D eigenvalue weighted by Crippen LogP contribution is -2.67. The van der Waals surface area contributed by atoms with E-state index < -0.39 is 0 Å². The van der Waals surface area contributed by atoms with Gasteiger partial charge in [-0.2, -0.15) is 0 Å². The van der Waals surface area contributed by atoms with Crippen LogP contribution in [0, 0.1) is 56.7 Å². The monoisotopic (exact) mass is 753 g/mol. The molecular formula is C46H76N2O6. The Bertz CT molecular complexity index is 1390. The summed E-state index contributed by atoms with van der Waals surface area (Å²) in [5.41, 5.74) is 1.53. The number of fused-ring (bicyclic) bond motifs is 7. The van der Waals surface area contributed by atoms with E-state index in [4.69, 9.17) is 4.74 Å². The molecule has 0 aromatic rings. The van der Waals surface area contributed by atoms with E-state index in [0.29, 0.717) is 54.9 Å². The lowest BCUT2D eigenvalue weighted by molar-refractivity contribution is -0.248. The van der Waals surface area contributed by atoms with Gasteiger partial charge in [0.25, 0.3) is 0 Å². The Morgan fingerprint density at radius 1 is 0.685 bits per heavy atom. The van der Waals surface area contributed by atoms with Crippen molar-refractivity contribution < 1.29 is 28.7 Å². The maximum atomic E-state index is 14.5. The minimum absolute atomic E-state index is 0.00545. The summed E-state index contributed by atoms with van der Waals surface area (Å²) in [7, 11) is 1.40. The number of hydrogen-bond donors (Lipinski definition) is 2. The fourth-order valence-corrected chi connectivity index (χ4v) is 14.1. The Morgan fingerprint density at radius 3 is 2.06 bits per heavy atom. The number of ether oxygens (including phenoxy) is 2. The molecule has 8 heteroatoms. The maximum Gasteiger partial charge on any atom is 0.305 e. The normalized spacial score (nSPS) is 37.8. The topological polar surface area (TPSA) is 111 Å². The lowest BCUT2D eigenvalue weighted by atomic mass is 9.32. The largest absolute Gasteiger partial charge is 0.469 e. The Balaban J connectivity index is 1.16. The van der Waals surface area contributed by atoms with Crippen LogP contribution >= 0.6 is 0 Å². The van der Waals surface area contributed by atoms with Gasteiger partial charge in [-0.1, -0.05) is 66.0 Å². The van der Waals surface area contributed by atoms with E-state index in [1.54, 1.807) is 6.92 Å². The zero-order chi connectivity index (χ0) is 39.5. The quantitative estimate of drug-likeness (QED) is 0.0924. The van der Waals surface area contributed by atoms with Gasteiger partial charge in [-0.3, -0.25) is 19.2 Å². The standard InChI is InChI=1S/C46H76N2O6/c1-31(2)33-21-26-46(41(52)48-30-15-12-10-11-13-17-38(50)47-29-16-14-18-39(51)53-9)28-27-44(7)34(40(33)46)19-20-36-43(6)24-23-37(54-32(3)49)42(4,5)35(43)22-25-45(36,44)8/h33-37,40H,1,10-30H2,2-9H3,(H,47,50)(H,48,52)/t33-,34+,35-,36+,37-,40+,43-,44+,45+,46-/m0/s1. The van der Waals surface area contributed by atoms with Crippen molar-refractivity contribution in [3.63, 3.8) is 0 Å². The smallest absolute Gasteiger partial charge is 0.305 e. The van der Waals surface area contributed by atoms with Crippen LogP contribution in [0.2, 0.25) is 0 Å². The van der Waals surface area contributed by atoms with Crippen molar-refractivity contribution >= 4 is 23.8 Å². The molecule has 0 aliphatic heterocycles. The number of esters is 2. The molecule has 0 saturated heterocycles. The summed E-state index contributed by atoms with van der Waals surface area (Å²) in [6.07, 6.45) is 18.5. The van der Waals surface area contributed by atoms with Gasteiger partial charge in [0, 0.05) is 38.3 Å². The summed E-state index contributed by atoms with van der Waals surface area (Å²) >= 11 is 0. The number of unbranched alkanes of at least 4 members (excludes halogenated alkanes) is 5. The van der Waals surface area contributed by atoms with Gasteiger partial charge in [-0.25, -0.2) is 0 Å². The van der Waals surface area contributed by atoms with Crippen molar-refractivity contribution in [2.75, 3.05) is 20.2 Å². The molecule has 0 aromatic heterocycles. The molecule has 0 unspecified atom stereocenters. The Morgan fingerprint density at radius 2 is 1.35 bits per heavy atom. The van der Waals surface area contributed by atoms with Crippen molar-refractivity contribution in [1.82, 2.24) is 10.6 Å². The van der Waals surface area contributed by atoms with E-state index >= 15 is 0 Å². The molecule has 0 bridgehead atoms. The van der Waals surface area contributed by atoms with Crippen LogP contribution < -0.4 is 10.6 Å². The van der Waals surface area contributed by atoms with Gasteiger partial charge < -0.3 is 20.1 Å². The fourth-order valence-electron chi connectivity index (χ4n) is 14.1. The third-order valence-electron chi connectivity index (χ3n) is 17.0. The molecule has 0 spiro atoms. The fraction of sp³-hybridized carbons (Fsp3) is 0.870. The van der Waals surface area contributed by atoms with Crippen molar-refractivity contribution in [3.05, 3.63) is 12.2 Å². The zero-order valence-corrected chi connectivity index (χ0v) is 35.5. The molecule has 5 aliphatic rings. The van der Waals surface area contributed by atoms with Crippen LogP contribution in [0.25, 0.3) is 0 Å². The first-order valence-electron chi connectivity index (χ1n) is 21.9. The second-order valence-corrected chi connectivity index (χ2v) is 20.0. The molecule has 0 radical (unpaired) electrons. The minimum Gasteiger partial charge on any atom is -0.469 e. The van der Waals surface area contributed by atoms with Gasteiger partial charge in [0.1, 0.15) is 6.10 Å². The second kappa shape index (κ2) is 17.0. The third-order valence-corrected chi connectivity index (χ3v) is 17.0. The number of amides is 2. The Kier molecular flexibility index (Phi) is 13.5. The SMILES string of the molecule is C=C(C)[C@@H]1CC[C@]2(C(=O)NCCCCCCCC(=O)NCCCCC(=O)OC)CC[C@]3(C)[C@H](CC[C@@H]4[C@@]5(C)CC[C@H](OC(C)=O)C(C)(C)[C@@H]5CC[C@]43C)[C@@H]12. The molecule has 5 saturated carbocycles. The van der Waals surface area contributed by atoms with E-state index in [1.165, 1.54) is 38.4 Å². The Hall–Kier alpha value is -2.38. The van der Waals surface area contributed by atoms with Gasteiger partial charge in [-0.15, -0.1) is 0 Å². The van der Waals surface area contributed by atoms with Crippen molar-refractivity contribution in [2.24, 2.45) is 56.7 Å². The van der Waals surface area contributed by atoms with Crippen LogP contribution in [0.4, 0.5) is 0 Å². The molecule has 0 aromatic carbocycles. The van der Waals surface area contributed by atoms with Gasteiger partial charge >= 0.3 is 11.9 Å². The van der Waals surface area contributed by atoms with Gasteiger partial charge in [0.05, 0.1) is 12.5 Å². The average molecular weight is 753 g/mol. The van der Waals surface area contributed by atoms with Crippen molar-refractivity contribution in [2.45, 2.75) is 177 Å². The molecule has 0 heterocycles. The predicted octanol–water partition coefficient (Wildman–Crippen LogP) is 9.49. The molecule has 5 aliphatic carbocycles. The van der Waals surface area contributed by atoms with Crippen LogP contribution in [0.5, 0.6) is 0 Å². The van der Waals surface area contributed by atoms with Crippen molar-refractivity contribution in [3.8, 4) is 0 Å². The number of rotatable bonds is 16. The summed E-state index contributed by atoms with van der Waals surface area (Å²) in [5, 5.41) is 6.43. The highest BCUT2D eigenvalue weighted by molar-refractivity contribution is 5.84. The first kappa shape index (κ1) is 42.8. The van der Waals surface area contributed by atoms with Crippen molar-refractivity contribution in [1.29, 1.82) is 0 Å². The summed E-state index contributed by atoms with van der Waals surface area (Å²) in [5.74, 6) is 2.47. The summed E-state index contributed by atoms with van der Waals surface area (Å²) < 4.78 is 10.6. The molecule has 5 fully saturated rings. The number of allylic oxidation sites excluding steroid dienone is 1. The minimum atomic E-state index is -0.297. The summed E-state index contributed by atoms with van der Waals surface area (Å²) in [6.45, 7) is 22.2. The number of carbonyl (C=O) groups is 4.